The molecule has 1 heterocycles. The van der Waals surface area contributed by atoms with E-state index < -0.39 is 15.8 Å². The van der Waals surface area contributed by atoms with Crippen molar-refractivity contribution < 1.29 is 22.7 Å². The Kier molecular flexibility index (Phi) is 8.64. The van der Waals surface area contributed by atoms with Gasteiger partial charge in [0.25, 0.3) is 0 Å². The van der Waals surface area contributed by atoms with Gasteiger partial charge in [0.05, 0.1) is 22.9 Å². The molecule has 0 spiro atoms. The Morgan fingerprint density at radius 2 is 1.91 bits per heavy atom. The van der Waals surface area contributed by atoms with Crippen molar-refractivity contribution in [1.29, 1.82) is 0 Å². The zero-order chi connectivity index (χ0) is 24.0. The number of unbranched alkanes of at least 4 members (excludes halogenated alkanes) is 2. The molecule has 1 amide bonds. The Hall–Kier alpha value is -2.26. The first-order valence-electron chi connectivity index (χ1n) is 11.6. The summed E-state index contributed by atoms with van der Waals surface area (Å²) in [5.41, 5.74) is 2.81. The van der Waals surface area contributed by atoms with Gasteiger partial charge in [-0.3, -0.25) is 9.69 Å². The molecule has 1 aromatic carbocycles. The summed E-state index contributed by atoms with van der Waals surface area (Å²) >= 11 is 1.12. The molecule has 0 N–H and O–H groups in total. The minimum atomic E-state index is -3.58. The summed E-state index contributed by atoms with van der Waals surface area (Å²) in [6.07, 6.45) is 5.49. The Balaban J connectivity index is 1.75. The Morgan fingerprint density at radius 1 is 1.15 bits per heavy atom. The van der Waals surface area contributed by atoms with Gasteiger partial charge in [0.2, 0.25) is 5.91 Å². The quantitative estimate of drug-likeness (QED) is 0.339. The van der Waals surface area contributed by atoms with Crippen LogP contribution in [-0.2, 0) is 32.2 Å². The van der Waals surface area contributed by atoms with Gasteiger partial charge in [-0.1, -0.05) is 37.2 Å². The number of thiazole rings is 1. The second-order valence-electron chi connectivity index (χ2n) is 8.24. The number of anilines is 1. The first-order chi connectivity index (χ1) is 15.8. The van der Waals surface area contributed by atoms with E-state index in [2.05, 4.69) is 11.9 Å². The van der Waals surface area contributed by atoms with Crippen LogP contribution < -0.4 is 4.90 Å². The van der Waals surface area contributed by atoms with Crippen LogP contribution in [-0.4, -0.2) is 44.2 Å². The molecule has 0 atom stereocenters. The van der Waals surface area contributed by atoms with Crippen LogP contribution in [0.3, 0.4) is 0 Å². The van der Waals surface area contributed by atoms with E-state index in [1.807, 2.05) is 6.07 Å². The Bertz CT molecular complexity index is 1110. The van der Waals surface area contributed by atoms with Crippen LogP contribution >= 0.6 is 11.3 Å². The summed E-state index contributed by atoms with van der Waals surface area (Å²) in [5, 5.41) is 0.409. The highest BCUT2D eigenvalue weighted by Crippen LogP contribution is 2.29. The number of carbonyl (C=O) groups excluding carboxylic acids is 2. The highest BCUT2D eigenvalue weighted by molar-refractivity contribution is 7.91. The lowest BCUT2D eigenvalue weighted by Gasteiger charge is -2.20. The van der Waals surface area contributed by atoms with Gasteiger partial charge in [-0.15, -0.1) is 0 Å². The maximum Gasteiger partial charge on any atom is 0.350 e. The van der Waals surface area contributed by atoms with Crippen LogP contribution in [0.15, 0.2) is 23.1 Å². The number of aromatic nitrogens is 1. The van der Waals surface area contributed by atoms with Gasteiger partial charge in [0.15, 0.2) is 15.0 Å². The molecule has 1 aromatic heterocycles. The molecule has 0 unspecified atom stereocenters. The summed E-state index contributed by atoms with van der Waals surface area (Å²) in [6, 6.07) is 5.30. The van der Waals surface area contributed by atoms with E-state index in [9.17, 15) is 18.0 Å². The third kappa shape index (κ3) is 6.20. The minimum Gasteiger partial charge on any atom is -0.462 e. The zero-order valence-electron chi connectivity index (χ0n) is 19.6. The minimum absolute atomic E-state index is 0.140. The number of fused-ring (bicyclic) bond motifs is 1. The first-order valence-corrected chi connectivity index (χ1v) is 14.0. The maximum atomic E-state index is 13.1. The van der Waals surface area contributed by atoms with Gasteiger partial charge < -0.3 is 4.74 Å². The molecule has 9 heteroatoms. The topological polar surface area (TPSA) is 93.6 Å². The largest absolute Gasteiger partial charge is 0.462 e. The molecule has 1 aliphatic carbocycles. The van der Waals surface area contributed by atoms with Crippen molar-refractivity contribution in [2.24, 2.45) is 0 Å². The molecule has 2 aromatic rings. The van der Waals surface area contributed by atoms with E-state index in [0.717, 1.165) is 55.4 Å². The molecule has 0 saturated heterocycles. The molecule has 0 fully saturated rings. The predicted octanol–water partition coefficient (Wildman–Crippen LogP) is 4.50. The van der Waals surface area contributed by atoms with E-state index in [4.69, 9.17) is 4.74 Å². The Morgan fingerprint density at radius 3 is 2.64 bits per heavy atom. The predicted molar refractivity (Wildman–Crippen MR) is 130 cm³/mol. The molecule has 0 bridgehead atoms. The average Bonchev–Trinajstić information content (AvgIpc) is 3.41. The number of ether oxygens (including phenoxy) is 1. The fourth-order valence-electron chi connectivity index (χ4n) is 3.95. The highest BCUT2D eigenvalue weighted by atomic mass is 32.2. The molecule has 7 nitrogen and oxygen atoms in total. The highest BCUT2D eigenvalue weighted by Gasteiger charge is 2.26. The number of esters is 1. The van der Waals surface area contributed by atoms with Crippen molar-refractivity contribution in [3.63, 3.8) is 0 Å². The summed E-state index contributed by atoms with van der Waals surface area (Å²) in [7, 11) is -3.58. The molecular formula is C24H32N2O5S2. The lowest BCUT2D eigenvalue weighted by molar-refractivity contribution is -0.118. The third-order valence-electron chi connectivity index (χ3n) is 5.78. The maximum absolute atomic E-state index is 13.1. The number of hydrogen-bond donors (Lipinski definition) is 0. The summed E-state index contributed by atoms with van der Waals surface area (Å²) < 4.78 is 30.9. The number of amides is 1. The van der Waals surface area contributed by atoms with Crippen molar-refractivity contribution in [1.82, 2.24) is 4.98 Å². The van der Waals surface area contributed by atoms with Crippen molar-refractivity contribution in [3.05, 3.63) is 39.9 Å². The monoisotopic (exact) mass is 492 g/mol. The van der Waals surface area contributed by atoms with E-state index in [-0.39, 0.29) is 29.6 Å². The zero-order valence-corrected chi connectivity index (χ0v) is 21.2. The SMILES string of the molecule is CCCCCN(C(=O)CCS(=O)(=O)c1ccc2c(c1)CCC2)c1nc(C)c(C(=O)OCC)s1. The summed E-state index contributed by atoms with van der Waals surface area (Å²) in [5.74, 6) is -1.02. The van der Waals surface area contributed by atoms with Gasteiger partial charge in [0.1, 0.15) is 4.88 Å². The summed E-state index contributed by atoms with van der Waals surface area (Å²) in [6.45, 7) is 6.20. The summed E-state index contributed by atoms with van der Waals surface area (Å²) in [4.78, 5) is 31.9. The van der Waals surface area contributed by atoms with E-state index in [0.29, 0.717) is 22.2 Å². The first kappa shape index (κ1) is 25.4. The number of nitrogens with zero attached hydrogens (tertiary/aromatic N) is 2. The van der Waals surface area contributed by atoms with E-state index in [1.165, 1.54) is 10.5 Å². The standard InChI is InChI=1S/C24H32N2O5S2/c1-4-6-7-14-26(24-25-17(3)22(32-24)23(28)31-5-2)21(27)13-15-33(29,30)20-12-11-18-9-8-10-19(18)16-20/h11-12,16H,4-10,13-15H2,1-3H3. The fraction of sp³-hybridized carbons (Fsp3) is 0.542. The van der Waals surface area contributed by atoms with Crippen LogP contribution in [0.25, 0.3) is 0 Å². The number of aryl methyl sites for hydroxylation is 3. The van der Waals surface area contributed by atoms with Crippen LogP contribution in [0, 0.1) is 6.92 Å². The van der Waals surface area contributed by atoms with Gasteiger partial charge >= 0.3 is 5.97 Å². The number of hydrogen-bond acceptors (Lipinski definition) is 7. The molecule has 0 radical (unpaired) electrons. The van der Waals surface area contributed by atoms with Gasteiger partial charge in [-0.2, -0.15) is 0 Å². The van der Waals surface area contributed by atoms with Crippen molar-refractivity contribution in [3.8, 4) is 0 Å². The van der Waals surface area contributed by atoms with Crippen LogP contribution in [0.4, 0.5) is 5.13 Å². The van der Waals surface area contributed by atoms with Gasteiger partial charge in [-0.05, 0) is 62.8 Å². The molecule has 1 aliphatic rings. The van der Waals surface area contributed by atoms with E-state index in [1.54, 1.807) is 26.0 Å². The second-order valence-corrected chi connectivity index (χ2v) is 11.3. The molecule has 180 valence electrons. The van der Waals surface area contributed by atoms with Crippen LogP contribution in [0.5, 0.6) is 0 Å². The lowest BCUT2D eigenvalue weighted by Crippen LogP contribution is -2.33. The molecular weight excluding hydrogens is 460 g/mol. The van der Waals surface area contributed by atoms with Crippen molar-refractivity contribution in [2.75, 3.05) is 23.8 Å². The molecule has 0 aliphatic heterocycles. The molecule has 3 rings (SSSR count). The lowest BCUT2D eigenvalue weighted by atomic mass is 10.1. The average molecular weight is 493 g/mol. The number of sulfone groups is 1. The van der Waals surface area contributed by atoms with Gasteiger partial charge in [0, 0.05) is 13.0 Å². The van der Waals surface area contributed by atoms with E-state index >= 15 is 0 Å². The number of benzene rings is 1. The normalized spacial score (nSPS) is 13.1. The van der Waals surface area contributed by atoms with Crippen LogP contribution in [0.2, 0.25) is 0 Å². The second kappa shape index (κ2) is 11.2. The Labute approximate surface area is 200 Å². The molecule has 33 heavy (non-hydrogen) atoms. The fourth-order valence-corrected chi connectivity index (χ4v) is 6.23. The smallest absolute Gasteiger partial charge is 0.350 e. The number of rotatable bonds is 11. The van der Waals surface area contributed by atoms with Crippen LogP contribution in [0.1, 0.15) is 72.4 Å². The number of carbonyl (C=O) groups is 2. The van der Waals surface area contributed by atoms with Crippen molar-refractivity contribution in [2.45, 2.75) is 70.6 Å². The third-order valence-corrected chi connectivity index (χ3v) is 8.65. The molecule has 0 saturated carbocycles. The van der Waals surface area contributed by atoms with Crippen molar-refractivity contribution >= 4 is 38.2 Å². The van der Waals surface area contributed by atoms with Gasteiger partial charge in [-0.25, -0.2) is 18.2 Å².